The fourth-order valence-corrected chi connectivity index (χ4v) is 4.63. The van der Waals surface area contributed by atoms with Crippen molar-refractivity contribution in [3.63, 3.8) is 0 Å². The van der Waals surface area contributed by atoms with E-state index < -0.39 is 17.6 Å². The number of nitrogens with two attached hydrogens (primary N) is 3. The van der Waals surface area contributed by atoms with E-state index in [4.69, 9.17) is 20.9 Å². The number of amides is 3. The first-order chi connectivity index (χ1) is 23.8. The van der Waals surface area contributed by atoms with Gasteiger partial charge in [-0.15, -0.1) is 0 Å². The van der Waals surface area contributed by atoms with Crippen LogP contribution in [-0.2, 0) is 17.8 Å². The van der Waals surface area contributed by atoms with Crippen LogP contribution in [0.15, 0.2) is 42.6 Å². The number of benzene rings is 1. The van der Waals surface area contributed by atoms with E-state index in [0.717, 1.165) is 0 Å². The molecule has 0 atom stereocenters. The van der Waals surface area contributed by atoms with Gasteiger partial charge < -0.3 is 37.3 Å². The molecule has 0 radical (unpaired) electrons. The van der Waals surface area contributed by atoms with Gasteiger partial charge in [-0.2, -0.15) is 5.10 Å². The number of aldehydes is 1. The lowest BCUT2D eigenvalue weighted by atomic mass is 10.1. The molecule has 1 aromatic carbocycles. The highest BCUT2D eigenvalue weighted by atomic mass is 16.6. The molecule has 17 heteroatoms. The van der Waals surface area contributed by atoms with Crippen LogP contribution in [0.4, 0.5) is 22.1 Å². The number of nitrogen functional groups attached to an aromatic ring is 1. The van der Waals surface area contributed by atoms with E-state index >= 15 is 0 Å². The summed E-state index contributed by atoms with van der Waals surface area (Å²) in [4.78, 5) is 57.3. The van der Waals surface area contributed by atoms with Crippen molar-refractivity contribution in [2.45, 2.75) is 53.3 Å². The number of nitrogens with zero attached hydrogens (tertiary/aromatic N) is 5. The van der Waals surface area contributed by atoms with Gasteiger partial charge >= 0.3 is 6.09 Å². The highest BCUT2D eigenvalue weighted by Crippen LogP contribution is 2.32. The van der Waals surface area contributed by atoms with Gasteiger partial charge in [-0.25, -0.2) is 14.8 Å². The summed E-state index contributed by atoms with van der Waals surface area (Å²) in [6.07, 6.45) is 5.18. The molecule has 0 aliphatic rings. The van der Waals surface area contributed by atoms with Gasteiger partial charge in [0.2, 0.25) is 11.9 Å². The number of rotatable bonds is 14. The minimum Gasteiger partial charge on any atom is -0.489 e. The summed E-state index contributed by atoms with van der Waals surface area (Å²) in [5.41, 5.74) is 18.7. The number of ether oxygens (including phenoxy) is 2. The molecule has 0 spiro atoms. The Bertz CT molecular complexity index is 1860. The van der Waals surface area contributed by atoms with Crippen LogP contribution in [0.5, 0.6) is 5.75 Å². The van der Waals surface area contributed by atoms with Crippen molar-refractivity contribution in [3.05, 3.63) is 65.1 Å². The smallest absolute Gasteiger partial charge is 0.407 e. The molecule has 0 aliphatic heterocycles. The van der Waals surface area contributed by atoms with E-state index in [-0.39, 0.29) is 48.6 Å². The molecule has 0 fully saturated rings. The van der Waals surface area contributed by atoms with Crippen molar-refractivity contribution in [1.29, 1.82) is 0 Å². The Morgan fingerprint density at radius 3 is 2.48 bits per heavy atom. The second kappa shape index (κ2) is 17.4. The first-order valence-electron chi connectivity index (χ1n) is 15.8. The average molecular weight is 692 g/mol. The third-order valence-electron chi connectivity index (χ3n) is 6.70. The third-order valence-corrected chi connectivity index (χ3v) is 6.70. The van der Waals surface area contributed by atoms with E-state index in [9.17, 15) is 19.2 Å². The lowest BCUT2D eigenvalue weighted by molar-refractivity contribution is 0.0520. The molecular formula is C33H45N11O6. The van der Waals surface area contributed by atoms with Gasteiger partial charge in [0.25, 0.3) is 5.91 Å². The number of imidazole rings is 1. The molecular weight excluding hydrogens is 646 g/mol. The minimum atomic E-state index is -0.677. The van der Waals surface area contributed by atoms with Crippen LogP contribution < -0.4 is 37.9 Å². The lowest BCUT2D eigenvalue weighted by Crippen LogP contribution is -2.34. The highest BCUT2D eigenvalue weighted by Gasteiger charge is 2.19. The van der Waals surface area contributed by atoms with Gasteiger partial charge in [0.15, 0.2) is 11.9 Å². The lowest BCUT2D eigenvalue weighted by Gasteiger charge is -2.20. The molecule has 3 heterocycles. The number of allylic oxidation sites excluding steroid dienone is 1. The van der Waals surface area contributed by atoms with Gasteiger partial charge in [-0.3, -0.25) is 28.9 Å². The van der Waals surface area contributed by atoms with Crippen molar-refractivity contribution in [3.8, 4) is 5.75 Å². The highest BCUT2D eigenvalue weighted by molar-refractivity contribution is 6.03. The average Bonchev–Trinajstić information content (AvgIpc) is 3.62. The zero-order valence-electron chi connectivity index (χ0n) is 29.1. The quantitative estimate of drug-likeness (QED) is 0.0483. The Balaban J connectivity index is 0.00000332. The molecule has 4 rings (SSSR count). The summed E-state index contributed by atoms with van der Waals surface area (Å²) in [6, 6.07) is 6.20. The molecule has 3 amide bonds. The molecule has 4 aromatic rings. The SMILES string of the molecule is CCn1nc(C)cc1C(=O)Nc1nc2cc(C=O)cnc2n1C/C=C/CNc1c(N)cc(C(N)=O)cc1OCCNC(=O)OC(C)(C)C.CN. The van der Waals surface area contributed by atoms with Crippen LogP contribution in [0, 0.1) is 6.92 Å². The van der Waals surface area contributed by atoms with Crippen LogP contribution in [0.1, 0.15) is 64.6 Å². The summed E-state index contributed by atoms with van der Waals surface area (Å²) in [5.74, 6) is -0.556. The van der Waals surface area contributed by atoms with Gasteiger partial charge in [-0.1, -0.05) is 12.2 Å². The number of hydrogen-bond donors (Lipinski definition) is 6. The number of aryl methyl sites for hydroxylation is 2. The maximum atomic E-state index is 13.2. The molecule has 268 valence electrons. The van der Waals surface area contributed by atoms with E-state index in [1.54, 1.807) is 49.1 Å². The Morgan fingerprint density at radius 2 is 1.82 bits per heavy atom. The fourth-order valence-electron chi connectivity index (χ4n) is 4.63. The summed E-state index contributed by atoms with van der Waals surface area (Å²) in [6.45, 7) is 10.2. The summed E-state index contributed by atoms with van der Waals surface area (Å²) < 4.78 is 14.4. The molecule has 0 saturated carbocycles. The normalized spacial score (nSPS) is 11.1. The van der Waals surface area contributed by atoms with Gasteiger partial charge in [0.05, 0.1) is 17.9 Å². The molecule has 0 unspecified atom stereocenters. The first-order valence-corrected chi connectivity index (χ1v) is 15.8. The van der Waals surface area contributed by atoms with Crippen molar-refractivity contribution >= 4 is 52.7 Å². The van der Waals surface area contributed by atoms with Crippen molar-refractivity contribution in [2.24, 2.45) is 11.5 Å². The van der Waals surface area contributed by atoms with Crippen LogP contribution in [0.2, 0.25) is 0 Å². The number of carbonyl (C=O) groups excluding carboxylic acids is 4. The fraction of sp³-hybridized carbons (Fsp3) is 0.364. The van der Waals surface area contributed by atoms with E-state index in [1.807, 2.05) is 19.1 Å². The predicted octanol–water partition coefficient (Wildman–Crippen LogP) is 2.85. The zero-order chi connectivity index (χ0) is 37.0. The standard InChI is InChI=1S/C32H40N10O6.CH5N/c1-6-42-24(13-19(2)40-42)29(45)39-30-38-23-14-20(18-43)17-37-28(23)41(30)11-8-7-9-35-26-22(33)15-21(27(34)44)16-25(26)47-12-10-36-31(46)48-32(3,4)5;1-2/h7-8,13-18,35H,6,9-12,33H2,1-5H3,(H2,34,44)(H,36,46)(H,38,39,45);2H2,1H3/b8-7+;. The number of primary amides is 1. The number of nitrogens with one attached hydrogen (secondary N) is 3. The molecule has 0 saturated heterocycles. The Labute approximate surface area is 289 Å². The number of carbonyl (C=O) groups is 4. The van der Waals surface area contributed by atoms with Crippen molar-refractivity contribution < 1.29 is 28.7 Å². The third kappa shape index (κ3) is 10.3. The van der Waals surface area contributed by atoms with Crippen molar-refractivity contribution in [2.75, 3.05) is 43.1 Å². The monoisotopic (exact) mass is 691 g/mol. The number of anilines is 3. The zero-order valence-corrected chi connectivity index (χ0v) is 29.1. The maximum Gasteiger partial charge on any atom is 0.407 e. The summed E-state index contributed by atoms with van der Waals surface area (Å²) >= 11 is 0. The predicted molar refractivity (Wildman–Crippen MR) is 190 cm³/mol. The molecule has 50 heavy (non-hydrogen) atoms. The number of hydrogen-bond acceptors (Lipinski definition) is 12. The summed E-state index contributed by atoms with van der Waals surface area (Å²) in [7, 11) is 1.50. The van der Waals surface area contributed by atoms with E-state index in [2.05, 4.69) is 36.8 Å². The Morgan fingerprint density at radius 1 is 1.08 bits per heavy atom. The van der Waals surface area contributed by atoms with Crippen LogP contribution in [-0.4, -0.2) is 80.9 Å². The second-order valence-electron chi connectivity index (χ2n) is 11.6. The van der Waals surface area contributed by atoms with E-state index in [1.165, 1.54) is 25.4 Å². The van der Waals surface area contributed by atoms with Crippen LogP contribution >= 0.6 is 0 Å². The minimum absolute atomic E-state index is 0.0606. The van der Waals surface area contributed by atoms with Gasteiger partial charge in [0, 0.05) is 37.0 Å². The van der Waals surface area contributed by atoms with Crippen molar-refractivity contribution in [1.82, 2.24) is 29.6 Å². The molecule has 0 bridgehead atoms. The summed E-state index contributed by atoms with van der Waals surface area (Å²) in [5, 5.41) is 13.0. The largest absolute Gasteiger partial charge is 0.489 e. The Kier molecular flexibility index (Phi) is 13.4. The number of alkyl carbamates (subject to hydrolysis) is 1. The number of aromatic nitrogens is 5. The molecule has 9 N–H and O–H groups in total. The topological polar surface area (TPSA) is 249 Å². The van der Waals surface area contributed by atoms with E-state index in [0.29, 0.717) is 53.2 Å². The molecule has 0 aliphatic carbocycles. The second-order valence-corrected chi connectivity index (χ2v) is 11.6. The Hall–Kier alpha value is -5.97. The maximum absolute atomic E-state index is 13.2. The number of fused-ring (bicyclic) bond motifs is 1. The molecule has 17 nitrogen and oxygen atoms in total. The van der Waals surface area contributed by atoms with Crippen LogP contribution in [0.3, 0.4) is 0 Å². The molecule has 3 aromatic heterocycles. The number of pyridine rings is 1. The first kappa shape index (κ1) is 38.5. The van der Waals surface area contributed by atoms with Gasteiger partial charge in [0.1, 0.15) is 34.9 Å². The van der Waals surface area contributed by atoms with Crippen LogP contribution in [0.25, 0.3) is 11.2 Å². The van der Waals surface area contributed by atoms with Gasteiger partial charge in [-0.05, 0) is 65.9 Å².